The van der Waals surface area contributed by atoms with Crippen molar-refractivity contribution >= 4 is 23.3 Å². The number of benzene rings is 1. The molecule has 0 aliphatic carbocycles. The molecular weight excluding hydrogens is 378 g/mol. The number of ether oxygens (including phenoxy) is 1. The zero-order valence-corrected chi connectivity index (χ0v) is 15.3. The normalized spacial score (nSPS) is 12.0. The molecule has 0 bridgehead atoms. The smallest absolute Gasteiger partial charge is 0.343 e. The van der Waals surface area contributed by atoms with Crippen LogP contribution in [0.25, 0.3) is 11.5 Å². The molecule has 1 atom stereocenters. The van der Waals surface area contributed by atoms with Crippen LogP contribution in [0.2, 0.25) is 5.15 Å². The summed E-state index contributed by atoms with van der Waals surface area (Å²) in [7, 11) is 1.62. The minimum absolute atomic E-state index is 0.0514. The molecule has 3 aromatic rings. The number of carbonyl (C=O) groups excluding carboxylic acids is 1. The average molecular weight is 392 g/mol. The lowest BCUT2D eigenvalue weighted by Gasteiger charge is -2.09. The Kier molecular flexibility index (Phi) is 4.91. The summed E-state index contributed by atoms with van der Waals surface area (Å²) in [6, 6.07) is 5.64. The van der Waals surface area contributed by atoms with Crippen LogP contribution < -0.4 is 0 Å². The van der Waals surface area contributed by atoms with Crippen LogP contribution in [0.1, 0.15) is 35.0 Å². The van der Waals surface area contributed by atoms with Crippen molar-refractivity contribution < 1.29 is 18.9 Å². The molecule has 0 saturated carbocycles. The Morgan fingerprint density at radius 2 is 2.00 bits per heavy atom. The molecule has 0 aliphatic rings. The summed E-state index contributed by atoms with van der Waals surface area (Å²) in [6.07, 6.45) is -0.826. The van der Waals surface area contributed by atoms with Gasteiger partial charge in [-0.3, -0.25) is 14.8 Å². The third-order valence-corrected chi connectivity index (χ3v) is 4.19. The van der Waals surface area contributed by atoms with Gasteiger partial charge in [-0.05, 0) is 26.0 Å². The number of non-ortho nitro benzene ring substituents is 1. The molecular formula is C16H14ClN5O5. The SMILES string of the molecule is Cc1nn(C)c(Cl)c1C(=O)OC(C)c1nnc(-c2ccc([N+](=O)[O-])cc2)o1. The van der Waals surface area contributed by atoms with Gasteiger partial charge in [0, 0.05) is 24.7 Å². The lowest BCUT2D eigenvalue weighted by Crippen LogP contribution is -2.10. The van der Waals surface area contributed by atoms with Gasteiger partial charge in [-0.15, -0.1) is 10.2 Å². The summed E-state index contributed by atoms with van der Waals surface area (Å²) in [6.45, 7) is 3.22. The predicted molar refractivity (Wildman–Crippen MR) is 93.2 cm³/mol. The predicted octanol–water partition coefficient (Wildman–Crippen LogP) is 3.26. The summed E-state index contributed by atoms with van der Waals surface area (Å²) < 4.78 is 12.2. The van der Waals surface area contributed by atoms with E-state index in [1.807, 2.05) is 0 Å². The first-order chi connectivity index (χ1) is 12.8. The number of nitro benzene ring substituents is 1. The van der Waals surface area contributed by atoms with Crippen LogP contribution in [-0.2, 0) is 11.8 Å². The average Bonchev–Trinajstić information content (AvgIpc) is 3.20. The standard InChI is InChI=1S/C16H14ClN5O5/c1-8-12(13(17)21(3)20-8)16(23)26-9(2)14-18-19-15(27-14)10-4-6-11(7-5-10)22(24)25/h4-7,9H,1-3H3. The van der Waals surface area contributed by atoms with Crippen molar-refractivity contribution in [2.24, 2.45) is 7.05 Å². The molecule has 1 unspecified atom stereocenters. The number of carbonyl (C=O) groups is 1. The highest BCUT2D eigenvalue weighted by Crippen LogP contribution is 2.26. The van der Waals surface area contributed by atoms with Crippen LogP contribution in [0.4, 0.5) is 5.69 Å². The number of aromatic nitrogens is 4. The van der Waals surface area contributed by atoms with Crippen molar-refractivity contribution in [3.63, 3.8) is 0 Å². The minimum atomic E-state index is -0.826. The van der Waals surface area contributed by atoms with Gasteiger partial charge in [0.25, 0.3) is 11.6 Å². The molecule has 10 nitrogen and oxygen atoms in total. The third kappa shape index (κ3) is 3.65. The van der Waals surface area contributed by atoms with Gasteiger partial charge in [0.2, 0.25) is 5.89 Å². The van der Waals surface area contributed by atoms with Gasteiger partial charge in [0.1, 0.15) is 10.7 Å². The van der Waals surface area contributed by atoms with Gasteiger partial charge in [-0.1, -0.05) is 11.6 Å². The van der Waals surface area contributed by atoms with Crippen molar-refractivity contribution in [1.29, 1.82) is 0 Å². The number of nitro groups is 1. The van der Waals surface area contributed by atoms with Crippen molar-refractivity contribution in [2.75, 3.05) is 0 Å². The van der Waals surface area contributed by atoms with E-state index in [0.29, 0.717) is 11.3 Å². The summed E-state index contributed by atoms with van der Waals surface area (Å²) in [5.74, 6) is -0.430. The van der Waals surface area contributed by atoms with Crippen molar-refractivity contribution in [2.45, 2.75) is 20.0 Å². The van der Waals surface area contributed by atoms with E-state index in [1.54, 1.807) is 20.9 Å². The van der Waals surface area contributed by atoms with Crippen LogP contribution >= 0.6 is 11.6 Å². The van der Waals surface area contributed by atoms with E-state index in [9.17, 15) is 14.9 Å². The quantitative estimate of drug-likeness (QED) is 0.368. The maximum absolute atomic E-state index is 12.3. The lowest BCUT2D eigenvalue weighted by atomic mass is 10.2. The summed E-state index contributed by atoms with van der Waals surface area (Å²) in [4.78, 5) is 22.5. The Balaban J connectivity index is 1.75. The molecule has 0 amide bonds. The van der Waals surface area contributed by atoms with E-state index >= 15 is 0 Å². The molecule has 11 heteroatoms. The Hall–Kier alpha value is -3.27. The van der Waals surface area contributed by atoms with Gasteiger partial charge in [-0.25, -0.2) is 4.79 Å². The van der Waals surface area contributed by atoms with E-state index < -0.39 is 17.0 Å². The topological polar surface area (TPSA) is 126 Å². The number of aryl methyl sites for hydroxylation is 2. The molecule has 0 spiro atoms. The Morgan fingerprint density at radius 3 is 2.56 bits per heavy atom. The zero-order valence-electron chi connectivity index (χ0n) is 14.5. The fraction of sp³-hybridized carbons (Fsp3) is 0.250. The number of rotatable bonds is 5. The fourth-order valence-electron chi connectivity index (χ4n) is 2.37. The molecule has 2 heterocycles. The molecule has 0 saturated heterocycles. The minimum Gasteiger partial charge on any atom is -0.449 e. The molecule has 0 N–H and O–H groups in total. The van der Waals surface area contributed by atoms with Crippen molar-refractivity contribution in [3.05, 3.63) is 56.7 Å². The van der Waals surface area contributed by atoms with Gasteiger partial charge >= 0.3 is 5.97 Å². The summed E-state index contributed by atoms with van der Waals surface area (Å²) in [5.41, 5.74) is 1.06. The summed E-state index contributed by atoms with van der Waals surface area (Å²) in [5, 5.41) is 22.7. The second-order valence-electron chi connectivity index (χ2n) is 5.67. The van der Waals surface area contributed by atoms with E-state index in [2.05, 4.69) is 15.3 Å². The fourth-order valence-corrected chi connectivity index (χ4v) is 2.62. The first-order valence-electron chi connectivity index (χ1n) is 7.76. The summed E-state index contributed by atoms with van der Waals surface area (Å²) >= 11 is 6.06. The van der Waals surface area contributed by atoms with Gasteiger partial charge in [0.05, 0.1) is 10.6 Å². The van der Waals surface area contributed by atoms with Crippen LogP contribution in [0.5, 0.6) is 0 Å². The Labute approximate surface area is 157 Å². The molecule has 140 valence electrons. The first-order valence-corrected chi connectivity index (χ1v) is 8.14. The maximum atomic E-state index is 12.3. The second kappa shape index (κ2) is 7.16. The van der Waals surface area contributed by atoms with E-state index in [4.69, 9.17) is 20.8 Å². The highest BCUT2D eigenvalue weighted by molar-refractivity contribution is 6.32. The number of hydrogen-bond donors (Lipinski definition) is 0. The Bertz CT molecular complexity index is 1010. The highest BCUT2D eigenvalue weighted by Gasteiger charge is 2.25. The molecule has 3 rings (SSSR count). The largest absolute Gasteiger partial charge is 0.449 e. The maximum Gasteiger partial charge on any atom is 0.343 e. The number of hydrogen-bond acceptors (Lipinski definition) is 8. The van der Waals surface area contributed by atoms with Crippen molar-refractivity contribution in [3.8, 4) is 11.5 Å². The second-order valence-corrected chi connectivity index (χ2v) is 6.03. The van der Waals surface area contributed by atoms with E-state index in [0.717, 1.165) is 0 Å². The zero-order chi connectivity index (χ0) is 19.7. The van der Waals surface area contributed by atoms with Crippen LogP contribution in [-0.4, -0.2) is 30.9 Å². The van der Waals surface area contributed by atoms with E-state index in [1.165, 1.54) is 28.9 Å². The number of esters is 1. The van der Waals surface area contributed by atoms with Crippen LogP contribution in [0.15, 0.2) is 28.7 Å². The van der Waals surface area contributed by atoms with Crippen molar-refractivity contribution in [1.82, 2.24) is 20.0 Å². The number of halogens is 1. The van der Waals surface area contributed by atoms with Gasteiger partial charge < -0.3 is 9.15 Å². The molecule has 0 fully saturated rings. The molecule has 2 aromatic heterocycles. The van der Waals surface area contributed by atoms with E-state index in [-0.39, 0.29) is 28.2 Å². The first kappa shape index (κ1) is 18.5. The van der Waals surface area contributed by atoms with Gasteiger partial charge in [0.15, 0.2) is 6.10 Å². The monoisotopic (exact) mass is 391 g/mol. The molecule has 0 radical (unpaired) electrons. The van der Waals surface area contributed by atoms with Crippen LogP contribution in [0, 0.1) is 17.0 Å². The highest BCUT2D eigenvalue weighted by atomic mass is 35.5. The number of nitrogens with zero attached hydrogens (tertiary/aromatic N) is 5. The third-order valence-electron chi connectivity index (χ3n) is 3.75. The van der Waals surface area contributed by atoms with Gasteiger partial charge in [-0.2, -0.15) is 5.10 Å². The lowest BCUT2D eigenvalue weighted by molar-refractivity contribution is -0.384. The molecule has 0 aliphatic heterocycles. The Morgan fingerprint density at radius 1 is 1.33 bits per heavy atom. The van der Waals surface area contributed by atoms with Crippen LogP contribution in [0.3, 0.4) is 0 Å². The molecule has 1 aromatic carbocycles. The molecule has 27 heavy (non-hydrogen) atoms.